The highest BCUT2D eigenvalue weighted by molar-refractivity contribution is 7.19. The smallest absolute Gasteiger partial charge is 0.124 e. The van der Waals surface area contributed by atoms with Crippen LogP contribution in [0.3, 0.4) is 0 Å². The summed E-state index contributed by atoms with van der Waals surface area (Å²) in [5.74, 6) is -0.165. The van der Waals surface area contributed by atoms with Crippen LogP contribution in [0.2, 0.25) is 0 Å². The number of thiophene rings is 2. The maximum absolute atomic E-state index is 13.4. The van der Waals surface area contributed by atoms with E-state index >= 15 is 0 Å². The minimum Gasteiger partial charge on any atom is -0.305 e. The van der Waals surface area contributed by atoms with Crippen LogP contribution < -0.4 is 5.32 Å². The van der Waals surface area contributed by atoms with Gasteiger partial charge in [0.05, 0.1) is 6.04 Å². The molecular weight excluding hydrogens is 301 g/mol. The van der Waals surface area contributed by atoms with E-state index in [-0.39, 0.29) is 11.9 Å². The van der Waals surface area contributed by atoms with Crippen molar-refractivity contribution >= 4 is 32.8 Å². The van der Waals surface area contributed by atoms with E-state index in [0.717, 1.165) is 23.1 Å². The summed E-state index contributed by atoms with van der Waals surface area (Å²) < 4.78 is 14.4. The van der Waals surface area contributed by atoms with E-state index in [1.54, 1.807) is 28.7 Å². The number of hydrogen-bond donors (Lipinski definition) is 1. The monoisotopic (exact) mass is 319 g/mol. The molecule has 1 nitrogen and oxygen atoms in total. The Balaban J connectivity index is 2.03. The van der Waals surface area contributed by atoms with Crippen molar-refractivity contribution in [2.24, 2.45) is 0 Å². The van der Waals surface area contributed by atoms with E-state index in [4.69, 9.17) is 0 Å². The first kappa shape index (κ1) is 14.7. The van der Waals surface area contributed by atoms with E-state index in [2.05, 4.69) is 36.7 Å². The Labute approximate surface area is 132 Å². The molecule has 3 rings (SSSR count). The molecule has 1 aromatic carbocycles. The maximum Gasteiger partial charge on any atom is 0.124 e. The third-order valence-corrected chi connectivity index (χ3v) is 5.79. The van der Waals surface area contributed by atoms with Crippen LogP contribution in [0.5, 0.6) is 0 Å². The van der Waals surface area contributed by atoms with E-state index in [1.807, 2.05) is 6.07 Å². The van der Waals surface area contributed by atoms with Crippen molar-refractivity contribution < 1.29 is 4.39 Å². The standard InChI is InChI=1S/C17H18FNS2/c1-3-7-19-16(17-11(2)6-8-20-17)15-9-12-4-5-13(18)10-14(12)21-15/h4-6,8-10,16,19H,3,7H2,1-2H3. The molecule has 0 aliphatic carbocycles. The van der Waals surface area contributed by atoms with Gasteiger partial charge >= 0.3 is 0 Å². The Morgan fingerprint density at radius 2 is 2.10 bits per heavy atom. The zero-order valence-electron chi connectivity index (χ0n) is 12.2. The van der Waals surface area contributed by atoms with Crippen molar-refractivity contribution in [2.45, 2.75) is 26.3 Å². The molecule has 0 saturated heterocycles. The first-order valence-electron chi connectivity index (χ1n) is 7.15. The second-order valence-electron chi connectivity index (χ2n) is 5.19. The number of hydrogen-bond acceptors (Lipinski definition) is 3. The molecule has 0 radical (unpaired) electrons. The van der Waals surface area contributed by atoms with Crippen LogP contribution in [0, 0.1) is 12.7 Å². The van der Waals surface area contributed by atoms with Gasteiger partial charge in [-0.05, 0) is 60.5 Å². The average molecular weight is 319 g/mol. The fourth-order valence-electron chi connectivity index (χ4n) is 2.46. The number of benzene rings is 1. The lowest BCUT2D eigenvalue weighted by molar-refractivity contribution is 0.611. The lowest BCUT2D eigenvalue weighted by atomic mass is 10.1. The van der Waals surface area contributed by atoms with E-state index < -0.39 is 0 Å². The van der Waals surface area contributed by atoms with Gasteiger partial charge in [0, 0.05) is 14.5 Å². The molecular formula is C17H18FNS2. The van der Waals surface area contributed by atoms with Crippen LogP contribution in [0.25, 0.3) is 10.1 Å². The molecule has 0 saturated carbocycles. The average Bonchev–Trinajstić information content (AvgIpc) is 3.06. The molecule has 0 spiro atoms. The highest BCUT2D eigenvalue weighted by Gasteiger charge is 2.19. The summed E-state index contributed by atoms with van der Waals surface area (Å²) in [5.41, 5.74) is 1.32. The Morgan fingerprint density at radius 1 is 1.24 bits per heavy atom. The largest absolute Gasteiger partial charge is 0.305 e. The van der Waals surface area contributed by atoms with Crippen molar-refractivity contribution in [1.29, 1.82) is 0 Å². The summed E-state index contributed by atoms with van der Waals surface area (Å²) in [6, 6.07) is 9.58. The molecule has 4 heteroatoms. The fraction of sp³-hybridized carbons (Fsp3) is 0.294. The Bertz CT molecular complexity index is 744. The number of halogens is 1. The van der Waals surface area contributed by atoms with Crippen molar-refractivity contribution in [1.82, 2.24) is 5.32 Å². The SMILES string of the molecule is CCCNC(c1cc2ccc(F)cc2s1)c1sccc1C. The Hall–Kier alpha value is -1.23. The molecule has 0 amide bonds. The van der Waals surface area contributed by atoms with E-state index in [0.29, 0.717) is 0 Å². The quantitative estimate of drug-likeness (QED) is 0.655. The lowest BCUT2D eigenvalue weighted by Gasteiger charge is -2.16. The van der Waals surface area contributed by atoms with Gasteiger partial charge in [-0.2, -0.15) is 0 Å². The van der Waals surface area contributed by atoms with Crippen molar-refractivity contribution in [3.63, 3.8) is 0 Å². The zero-order chi connectivity index (χ0) is 14.8. The van der Waals surface area contributed by atoms with Gasteiger partial charge in [0.2, 0.25) is 0 Å². The molecule has 3 aromatic rings. The maximum atomic E-state index is 13.4. The predicted octanol–water partition coefficient (Wildman–Crippen LogP) is 5.50. The van der Waals surface area contributed by atoms with Gasteiger partial charge in [0.1, 0.15) is 5.82 Å². The molecule has 2 heterocycles. The highest BCUT2D eigenvalue weighted by Crippen LogP contribution is 2.36. The topological polar surface area (TPSA) is 12.0 Å². The molecule has 0 aliphatic rings. The van der Waals surface area contributed by atoms with Crippen molar-refractivity contribution in [2.75, 3.05) is 6.54 Å². The first-order valence-corrected chi connectivity index (χ1v) is 8.85. The van der Waals surface area contributed by atoms with E-state index in [1.165, 1.54) is 21.4 Å². The first-order chi connectivity index (χ1) is 10.2. The van der Waals surface area contributed by atoms with Crippen molar-refractivity contribution in [3.8, 4) is 0 Å². The van der Waals surface area contributed by atoms with Crippen LogP contribution in [-0.2, 0) is 0 Å². The Morgan fingerprint density at radius 3 is 2.81 bits per heavy atom. The van der Waals surface area contributed by atoms with Gasteiger partial charge in [-0.15, -0.1) is 22.7 Å². The summed E-state index contributed by atoms with van der Waals surface area (Å²) in [7, 11) is 0. The molecule has 21 heavy (non-hydrogen) atoms. The number of rotatable bonds is 5. The molecule has 110 valence electrons. The summed E-state index contributed by atoms with van der Waals surface area (Å²) in [6.45, 7) is 5.30. The summed E-state index contributed by atoms with van der Waals surface area (Å²) in [4.78, 5) is 2.62. The van der Waals surface area contributed by atoms with Crippen molar-refractivity contribution in [3.05, 3.63) is 56.8 Å². The van der Waals surface area contributed by atoms with Crippen LogP contribution >= 0.6 is 22.7 Å². The summed E-state index contributed by atoms with van der Waals surface area (Å²) in [5, 5.41) is 6.89. The minimum atomic E-state index is -0.165. The lowest BCUT2D eigenvalue weighted by Crippen LogP contribution is -2.22. The number of nitrogens with one attached hydrogen (secondary N) is 1. The second-order valence-corrected chi connectivity index (χ2v) is 7.25. The molecule has 0 bridgehead atoms. The van der Waals surface area contributed by atoms with Crippen LogP contribution in [0.4, 0.5) is 4.39 Å². The Kier molecular flexibility index (Phi) is 4.38. The molecule has 0 fully saturated rings. The highest BCUT2D eigenvalue weighted by atomic mass is 32.1. The predicted molar refractivity (Wildman–Crippen MR) is 91.0 cm³/mol. The second kappa shape index (κ2) is 6.26. The van der Waals surface area contributed by atoms with Gasteiger partial charge in [-0.3, -0.25) is 0 Å². The summed E-state index contributed by atoms with van der Waals surface area (Å²) >= 11 is 3.47. The normalized spacial score (nSPS) is 12.9. The minimum absolute atomic E-state index is 0.165. The molecule has 1 N–H and O–H groups in total. The van der Waals surface area contributed by atoms with Gasteiger partial charge < -0.3 is 5.32 Å². The van der Waals surface area contributed by atoms with Gasteiger partial charge in [-0.1, -0.05) is 13.0 Å². The number of aryl methyl sites for hydroxylation is 1. The molecule has 0 aliphatic heterocycles. The summed E-state index contributed by atoms with van der Waals surface area (Å²) in [6.07, 6.45) is 1.10. The van der Waals surface area contributed by atoms with Gasteiger partial charge in [-0.25, -0.2) is 4.39 Å². The number of fused-ring (bicyclic) bond motifs is 1. The molecule has 1 unspecified atom stereocenters. The van der Waals surface area contributed by atoms with Crippen LogP contribution in [0.1, 0.15) is 34.7 Å². The van der Waals surface area contributed by atoms with Gasteiger partial charge in [0.25, 0.3) is 0 Å². The van der Waals surface area contributed by atoms with Gasteiger partial charge in [0.15, 0.2) is 0 Å². The molecule has 2 aromatic heterocycles. The van der Waals surface area contributed by atoms with Crippen LogP contribution in [0.15, 0.2) is 35.7 Å². The van der Waals surface area contributed by atoms with E-state index in [9.17, 15) is 4.39 Å². The third-order valence-electron chi connectivity index (χ3n) is 3.55. The molecule has 1 atom stereocenters. The fourth-order valence-corrected chi connectivity index (χ4v) is 4.73. The third kappa shape index (κ3) is 3.03. The zero-order valence-corrected chi connectivity index (χ0v) is 13.8. The van der Waals surface area contributed by atoms with Crippen LogP contribution in [-0.4, -0.2) is 6.54 Å².